The molecule has 0 unspecified atom stereocenters. The molecule has 0 saturated heterocycles. The zero-order valence-corrected chi connectivity index (χ0v) is 43.9. The molecular formula is C66H83N. The van der Waals surface area contributed by atoms with Crippen molar-refractivity contribution in [1.29, 1.82) is 0 Å². The van der Waals surface area contributed by atoms with Crippen molar-refractivity contribution in [3.05, 3.63) is 251 Å². The highest BCUT2D eigenvalue weighted by Gasteiger charge is 2.20. The topological polar surface area (TPSA) is 3.24 Å². The molecule has 0 bridgehead atoms. The van der Waals surface area contributed by atoms with Crippen molar-refractivity contribution in [3.8, 4) is 11.1 Å². The van der Waals surface area contributed by atoms with Crippen LogP contribution in [0.2, 0.25) is 0 Å². The molecule has 0 aliphatic heterocycles. The smallest absolute Gasteiger partial charge is 0.0496 e. The van der Waals surface area contributed by atoms with Gasteiger partial charge in [-0.25, -0.2) is 0 Å². The Morgan fingerprint density at radius 3 is 1.76 bits per heavy atom. The molecule has 1 nitrogen and oxygen atoms in total. The summed E-state index contributed by atoms with van der Waals surface area (Å²) in [6.07, 6.45) is 36.8. The summed E-state index contributed by atoms with van der Waals surface area (Å²) in [5, 5.41) is 2.43. The van der Waals surface area contributed by atoms with E-state index in [1.807, 2.05) is 78.0 Å². The van der Waals surface area contributed by atoms with E-state index in [1.54, 1.807) is 6.08 Å². The maximum Gasteiger partial charge on any atom is 0.0496 e. The Balaban J connectivity index is 0.00000230. The van der Waals surface area contributed by atoms with Crippen molar-refractivity contribution < 1.29 is 0 Å². The summed E-state index contributed by atoms with van der Waals surface area (Å²) < 4.78 is 0. The monoisotopic (exact) mass is 890 g/mol. The van der Waals surface area contributed by atoms with Crippen LogP contribution in [0.3, 0.4) is 0 Å². The van der Waals surface area contributed by atoms with E-state index in [2.05, 4.69) is 226 Å². The quantitative estimate of drug-likeness (QED) is 0.0955. The van der Waals surface area contributed by atoms with Gasteiger partial charge in [-0.05, 0) is 166 Å². The van der Waals surface area contributed by atoms with Gasteiger partial charge >= 0.3 is 0 Å². The molecule has 0 spiro atoms. The fourth-order valence-corrected chi connectivity index (χ4v) is 7.38. The van der Waals surface area contributed by atoms with Crippen LogP contribution in [-0.2, 0) is 0 Å². The Hall–Kier alpha value is -6.70. The average Bonchev–Trinajstić information content (AvgIpc) is 3.37. The second kappa shape index (κ2) is 33.7. The number of aryl methyl sites for hydroxylation is 1. The van der Waals surface area contributed by atoms with Crippen LogP contribution >= 0.6 is 0 Å². The Morgan fingerprint density at radius 2 is 1.22 bits per heavy atom. The molecule has 1 heteroatoms. The summed E-state index contributed by atoms with van der Waals surface area (Å²) in [6.45, 7) is 40.8. The maximum absolute atomic E-state index is 3.96. The third-order valence-electron chi connectivity index (χ3n) is 11.1. The molecule has 0 aliphatic carbocycles. The molecule has 0 aliphatic rings. The summed E-state index contributed by atoms with van der Waals surface area (Å²) in [7, 11) is 0. The van der Waals surface area contributed by atoms with Crippen molar-refractivity contribution in [1.82, 2.24) is 0 Å². The van der Waals surface area contributed by atoms with Gasteiger partial charge < -0.3 is 4.90 Å². The lowest BCUT2D eigenvalue weighted by atomic mass is 9.92. The third kappa shape index (κ3) is 17.6. The summed E-state index contributed by atoms with van der Waals surface area (Å²) >= 11 is 0. The van der Waals surface area contributed by atoms with Gasteiger partial charge in [-0.1, -0.05) is 224 Å². The van der Waals surface area contributed by atoms with Gasteiger partial charge in [0.05, 0.1) is 0 Å². The number of rotatable bonds is 17. The molecule has 0 aromatic heterocycles. The highest BCUT2D eigenvalue weighted by Crippen LogP contribution is 2.38. The second-order valence-electron chi connectivity index (χ2n) is 15.2. The van der Waals surface area contributed by atoms with Gasteiger partial charge in [0.2, 0.25) is 0 Å². The molecule has 0 N–H and O–H groups in total. The van der Waals surface area contributed by atoms with Crippen LogP contribution in [0.5, 0.6) is 0 Å². The van der Waals surface area contributed by atoms with Crippen molar-refractivity contribution in [2.75, 3.05) is 4.90 Å². The van der Waals surface area contributed by atoms with Gasteiger partial charge in [-0.3, -0.25) is 0 Å². The van der Waals surface area contributed by atoms with Crippen molar-refractivity contribution in [3.63, 3.8) is 0 Å². The van der Waals surface area contributed by atoms with Gasteiger partial charge in [-0.15, -0.1) is 0 Å². The average molecular weight is 890 g/mol. The largest absolute Gasteiger partial charge is 0.310 e. The Bertz CT molecular complexity index is 2560. The lowest BCUT2D eigenvalue weighted by Crippen LogP contribution is -2.26. The van der Waals surface area contributed by atoms with E-state index in [0.717, 1.165) is 29.9 Å². The van der Waals surface area contributed by atoms with Crippen LogP contribution in [0.1, 0.15) is 118 Å². The minimum Gasteiger partial charge on any atom is -0.310 e. The maximum atomic E-state index is 3.96. The molecule has 0 amide bonds. The Morgan fingerprint density at radius 1 is 0.627 bits per heavy atom. The highest BCUT2D eigenvalue weighted by atomic mass is 15.1. The lowest BCUT2D eigenvalue weighted by Gasteiger charge is -2.30. The van der Waals surface area contributed by atoms with E-state index in [-0.39, 0.29) is 0 Å². The molecule has 0 fully saturated rings. The molecule has 0 radical (unpaired) electrons. The zero-order chi connectivity index (χ0) is 50.1. The molecule has 4 rings (SSSR count). The first-order chi connectivity index (χ1) is 32.6. The summed E-state index contributed by atoms with van der Waals surface area (Å²) in [5.74, 6) is 0. The molecule has 67 heavy (non-hydrogen) atoms. The van der Waals surface area contributed by atoms with Crippen LogP contribution in [0, 0.1) is 13.8 Å². The zero-order valence-electron chi connectivity index (χ0n) is 43.9. The second-order valence-corrected chi connectivity index (χ2v) is 15.2. The van der Waals surface area contributed by atoms with E-state index in [1.165, 1.54) is 71.7 Å². The van der Waals surface area contributed by atoms with E-state index >= 15 is 0 Å². The first-order valence-electron chi connectivity index (χ1n) is 24.2. The van der Waals surface area contributed by atoms with Gasteiger partial charge in [0.1, 0.15) is 0 Å². The number of allylic oxidation sites excluding steroid dienone is 18. The fraction of sp³-hybridized carbons (Fsp3) is 0.242. The summed E-state index contributed by atoms with van der Waals surface area (Å²) in [5.41, 5.74) is 16.9. The minimum atomic E-state index is 0.794. The van der Waals surface area contributed by atoms with Crippen LogP contribution in [0.15, 0.2) is 218 Å². The first-order valence-corrected chi connectivity index (χ1v) is 24.2. The summed E-state index contributed by atoms with van der Waals surface area (Å²) in [6, 6.07) is 31.2. The van der Waals surface area contributed by atoms with Gasteiger partial charge in [-0.2, -0.15) is 0 Å². The highest BCUT2D eigenvalue weighted by molar-refractivity contribution is 5.86. The molecule has 0 heterocycles. The molecule has 0 atom stereocenters. The third-order valence-corrected chi connectivity index (χ3v) is 11.1. The van der Waals surface area contributed by atoms with Gasteiger partial charge in [0, 0.05) is 17.1 Å². The molecule has 4 aromatic rings. The van der Waals surface area contributed by atoms with Crippen molar-refractivity contribution in [2.24, 2.45) is 0 Å². The number of hydrogen-bond acceptors (Lipinski definition) is 1. The number of benzene rings is 4. The van der Waals surface area contributed by atoms with Crippen LogP contribution < -0.4 is 15.3 Å². The van der Waals surface area contributed by atoms with Crippen LogP contribution in [0.25, 0.3) is 34.4 Å². The molecular weight excluding hydrogens is 807 g/mol. The fourth-order valence-electron chi connectivity index (χ4n) is 7.38. The van der Waals surface area contributed by atoms with E-state index in [9.17, 15) is 0 Å². The predicted molar refractivity (Wildman–Crippen MR) is 308 cm³/mol. The van der Waals surface area contributed by atoms with Gasteiger partial charge in [0.15, 0.2) is 0 Å². The van der Waals surface area contributed by atoms with Crippen LogP contribution in [-0.4, -0.2) is 0 Å². The van der Waals surface area contributed by atoms with Crippen molar-refractivity contribution >= 4 is 34.7 Å². The Kier molecular flexibility index (Phi) is 29.4. The van der Waals surface area contributed by atoms with E-state index in [0.29, 0.717) is 0 Å². The molecule has 352 valence electrons. The SMILES string of the molecule is C=C/C=C\C.C=C\C=C/C(C(/C)=C(\C)c1ccc(N(C(=C/C/C=C\C=C/C)/C(/C=C\C)=C(\C)CC)c2ccc(-c3ccc(C)c(/C=C\C=C)c3C)cc2)cc1)=c1\cccc\c1=C\C.CC.CC. The number of nitrogens with zero attached hydrogens (tertiary/aromatic N) is 1. The molecule has 4 aromatic carbocycles. The first kappa shape index (κ1) is 58.3. The Labute approximate surface area is 409 Å². The summed E-state index contributed by atoms with van der Waals surface area (Å²) in [4.78, 5) is 2.43. The predicted octanol–water partition coefficient (Wildman–Crippen LogP) is 19.0. The minimum absolute atomic E-state index is 0.794. The molecule has 0 saturated carbocycles. The van der Waals surface area contributed by atoms with Crippen molar-refractivity contribution in [2.45, 2.75) is 110 Å². The number of hydrogen-bond donors (Lipinski definition) is 0. The van der Waals surface area contributed by atoms with Crippen LogP contribution in [0.4, 0.5) is 11.4 Å². The lowest BCUT2D eigenvalue weighted by molar-refractivity contribution is 1.05. The van der Waals surface area contributed by atoms with Gasteiger partial charge in [0.25, 0.3) is 0 Å². The standard InChI is InChI=1S/C57H63N.C5H8.2C2H6/c1-12-18-21-22-23-31-57(53(26-15-4)42(7)16-5)58(51-39-35-49(36-40-51)54-41-32-43(8)52(46(54)11)28-19-13-2)50-37-33-48(34-38-50)44(9)45(10)55(29-20-14-3)56-30-25-24-27-47(56)17-6;1-3-5-4-2;2*1-2/h12-15,17-22,24-41H,2-3,16,23H2,1,4-11H3;3-5H,1H2,2H3;2*1-2H3/b18-12-,22-21-,26-15-,28-19-,29-20-,45-44+,47-17-,53-42+,56-55-,57-31+;5-4-;;. The number of anilines is 2. The van der Waals surface area contributed by atoms with E-state index in [4.69, 9.17) is 0 Å². The van der Waals surface area contributed by atoms with E-state index < -0.39 is 0 Å². The normalized spacial score (nSPS) is 13.2.